The summed E-state index contributed by atoms with van der Waals surface area (Å²) in [6.45, 7) is 3.68. The van der Waals surface area contributed by atoms with Gasteiger partial charge in [0.1, 0.15) is 5.76 Å². The van der Waals surface area contributed by atoms with Crippen LogP contribution in [0.2, 0.25) is 0 Å². The molecule has 2 aromatic rings. The molecule has 24 heavy (non-hydrogen) atoms. The molecule has 7 heteroatoms. The maximum atomic E-state index is 12.4. The van der Waals surface area contributed by atoms with Crippen LogP contribution in [0, 0.1) is 0 Å². The van der Waals surface area contributed by atoms with Crippen molar-refractivity contribution in [2.24, 2.45) is 0 Å². The van der Waals surface area contributed by atoms with Crippen molar-refractivity contribution >= 4 is 23.2 Å². The Kier molecular flexibility index (Phi) is 5.66. The van der Waals surface area contributed by atoms with Crippen LogP contribution < -0.4 is 5.32 Å². The molecular weight excluding hydrogens is 326 g/mol. The first kappa shape index (κ1) is 16.7. The highest BCUT2D eigenvalue weighted by atomic mass is 32.1. The van der Waals surface area contributed by atoms with Gasteiger partial charge in [-0.1, -0.05) is 0 Å². The molecule has 1 saturated heterocycles. The number of amides is 2. The lowest BCUT2D eigenvalue weighted by Crippen LogP contribution is -2.39. The summed E-state index contributed by atoms with van der Waals surface area (Å²) in [6.07, 6.45) is 2.47. The Morgan fingerprint density at radius 2 is 2.12 bits per heavy atom. The topological polar surface area (TPSA) is 65.8 Å². The fourth-order valence-corrected chi connectivity index (χ4v) is 3.39. The van der Waals surface area contributed by atoms with Crippen molar-refractivity contribution in [3.05, 3.63) is 46.5 Å². The van der Waals surface area contributed by atoms with Gasteiger partial charge in [0.05, 0.1) is 24.9 Å². The zero-order chi connectivity index (χ0) is 16.8. The molecule has 3 rings (SSSR count). The van der Waals surface area contributed by atoms with E-state index in [1.54, 1.807) is 12.3 Å². The van der Waals surface area contributed by atoms with Crippen molar-refractivity contribution in [1.82, 2.24) is 15.1 Å². The summed E-state index contributed by atoms with van der Waals surface area (Å²) in [5.41, 5.74) is 0.754. The summed E-state index contributed by atoms with van der Waals surface area (Å²) in [5, 5.41) is 6.65. The van der Waals surface area contributed by atoms with E-state index in [2.05, 4.69) is 10.2 Å². The average Bonchev–Trinajstić information content (AvgIpc) is 3.24. The number of thiophene rings is 1. The van der Waals surface area contributed by atoms with E-state index in [0.717, 1.165) is 30.8 Å². The van der Waals surface area contributed by atoms with Crippen molar-refractivity contribution in [1.29, 1.82) is 0 Å². The summed E-state index contributed by atoms with van der Waals surface area (Å²) < 4.78 is 5.20. The van der Waals surface area contributed by atoms with Crippen molar-refractivity contribution in [3.8, 4) is 0 Å². The normalized spacial score (nSPS) is 15.9. The minimum atomic E-state index is -0.0241. The van der Waals surface area contributed by atoms with E-state index in [-0.39, 0.29) is 11.8 Å². The second kappa shape index (κ2) is 8.12. The quantitative estimate of drug-likeness (QED) is 0.896. The molecule has 2 aromatic heterocycles. The molecule has 1 aliphatic rings. The predicted molar refractivity (Wildman–Crippen MR) is 91.8 cm³/mol. The minimum absolute atomic E-state index is 0.0241. The molecule has 2 amide bonds. The van der Waals surface area contributed by atoms with Crippen molar-refractivity contribution in [2.45, 2.75) is 13.0 Å². The Bertz CT molecular complexity index is 655. The Balaban J connectivity index is 1.45. The fraction of sp³-hybridized carbons (Fsp3) is 0.412. The number of hydrogen-bond acceptors (Lipinski definition) is 5. The Hall–Kier alpha value is -2.12. The molecule has 3 heterocycles. The van der Waals surface area contributed by atoms with Crippen molar-refractivity contribution in [3.63, 3.8) is 0 Å². The summed E-state index contributed by atoms with van der Waals surface area (Å²) in [6, 6.07) is 5.49. The Labute approximate surface area is 145 Å². The zero-order valence-corrected chi connectivity index (χ0v) is 14.3. The van der Waals surface area contributed by atoms with Crippen LogP contribution in [0.3, 0.4) is 0 Å². The van der Waals surface area contributed by atoms with Crippen molar-refractivity contribution in [2.75, 3.05) is 32.7 Å². The third-order valence-corrected chi connectivity index (χ3v) is 4.73. The van der Waals surface area contributed by atoms with Crippen LogP contribution in [-0.2, 0) is 11.3 Å². The first-order valence-corrected chi connectivity index (χ1v) is 8.99. The maximum Gasteiger partial charge on any atom is 0.254 e. The summed E-state index contributed by atoms with van der Waals surface area (Å²) in [7, 11) is 0. The van der Waals surface area contributed by atoms with E-state index in [1.165, 1.54) is 11.3 Å². The van der Waals surface area contributed by atoms with E-state index in [4.69, 9.17) is 4.42 Å². The van der Waals surface area contributed by atoms with Gasteiger partial charge in [-0.15, -0.1) is 0 Å². The number of rotatable bonds is 5. The van der Waals surface area contributed by atoms with Gasteiger partial charge < -0.3 is 14.6 Å². The number of furan rings is 1. The number of nitrogens with zero attached hydrogens (tertiary/aromatic N) is 2. The molecule has 0 aromatic carbocycles. The highest BCUT2D eigenvalue weighted by molar-refractivity contribution is 7.08. The molecule has 0 radical (unpaired) electrons. The first-order chi connectivity index (χ1) is 11.7. The highest BCUT2D eigenvalue weighted by Gasteiger charge is 2.21. The summed E-state index contributed by atoms with van der Waals surface area (Å²) >= 11 is 1.53. The van der Waals surface area contributed by atoms with Gasteiger partial charge in [0.2, 0.25) is 5.91 Å². The van der Waals surface area contributed by atoms with Gasteiger partial charge in [-0.05, 0) is 30.0 Å². The Morgan fingerprint density at radius 1 is 1.21 bits per heavy atom. The SMILES string of the molecule is O=C(CN1CCCN(C(=O)c2ccsc2)CC1)NCc1ccco1. The van der Waals surface area contributed by atoms with E-state index >= 15 is 0 Å². The molecule has 0 saturated carbocycles. The summed E-state index contributed by atoms with van der Waals surface area (Å²) in [4.78, 5) is 28.4. The third-order valence-electron chi connectivity index (χ3n) is 4.05. The molecule has 1 aliphatic heterocycles. The molecule has 0 bridgehead atoms. The van der Waals surface area contributed by atoms with Gasteiger partial charge >= 0.3 is 0 Å². The number of nitrogens with one attached hydrogen (secondary N) is 1. The third kappa shape index (κ3) is 4.46. The molecular formula is C17H21N3O3S. The number of hydrogen-bond donors (Lipinski definition) is 1. The molecule has 0 unspecified atom stereocenters. The molecule has 6 nitrogen and oxygen atoms in total. The molecule has 128 valence electrons. The van der Waals surface area contributed by atoms with Crippen LogP contribution in [0.15, 0.2) is 39.6 Å². The van der Waals surface area contributed by atoms with E-state index in [0.29, 0.717) is 26.2 Å². The smallest absolute Gasteiger partial charge is 0.254 e. The first-order valence-electron chi connectivity index (χ1n) is 8.05. The van der Waals surface area contributed by atoms with Crippen LogP contribution in [0.5, 0.6) is 0 Å². The monoisotopic (exact) mass is 347 g/mol. The van der Waals surface area contributed by atoms with Crippen LogP contribution >= 0.6 is 11.3 Å². The summed E-state index contributed by atoms with van der Waals surface area (Å²) in [5.74, 6) is 0.802. The zero-order valence-electron chi connectivity index (χ0n) is 13.4. The van der Waals surface area contributed by atoms with Gasteiger partial charge in [-0.3, -0.25) is 14.5 Å². The molecule has 0 atom stereocenters. The molecule has 0 spiro atoms. The van der Waals surface area contributed by atoms with Crippen LogP contribution in [0.1, 0.15) is 22.5 Å². The predicted octanol–water partition coefficient (Wildman–Crippen LogP) is 1.81. The van der Waals surface area contributed by atoms with E-state index in [9.17, 15) is 9.59 Å². The average molecular weight is 347 g/mol. The van der Waals surface area contributed by atoms with E-state index in [1.807, 2.05) is 27.8 Å². The second-order valence-electron chi connectivity index (χ2n) is 5.79. The van der Waals surface area contributed by atoms with Crippen LogP contribution in [0.25, 0.3) is 0 Å². The lowest BCUT2D eigenvalue weighted by molar-refractivity contribution is -0.122. The largest absolute Gasteiger partial charge is 0.467 e. The van der Waals surface area contributed by atoms with Crippen molar-refractivity contribution < 1.29 is 14.0 Å². The highest BCUT2D eigenvalue weighted by Crippen LogP contribution is 2.12. The molecule has 0 aliphatic carbocycles. The van der Waals surface area contributed by atoms with Crippen LogP contribution in [0.4, 0.5) is 0 Å². The molecule has 1 N–H and O–H groups in total. The Morgan fingerprint density at radius 3 is 2.88 bits per heavy atom. The second-order valence-corrected chi connectivity index (χ2v) is 6.57. The van der Waals surface area contributed by atoms with Gasteiger partial charge in [-0.25, -0.2) is 0 Å². The van der Waals surface area contributed by atoms with Gasteiger partial charge in [-0.2, -0.15) is 11.3 Å². The molecule has 1 fully saturated rings. The maximum absolute atomic E-state index is 12.4. The standard InChI is InChI=1S/C17H21N3O3S/c21-16(18-11-15-3-1-9-23-15)12-19-5-2-6-20(8-7-19)17(22)14-4-10-24-13-14/h1,3-4,9-10,13H,2,5-8,11-12H2,(H,18,21). The van der Waals surface area contributed by atoms with E-state index < -0.39 is 0 Å². The minimum Gasteiger partial charge on any atom is -0.467 e. The lowest BCUT2D eigenvalue weighted by atomic mass is 10.3. The fourth-order valence-electron chi connectivity index (χ4n) is 2.76. The lowest BCUT2D eigenvalue weighted by Gasteiger charge is -2.21. The van der Waals surface area contributed by atoms with Crippen LogP contribution in [-0.4, -0.2) is 54.3 Å². The van der Waals surface area contributed by atoms with Gasteiger partial charge in [0, 0.05) is 31.6 Å². The number of carbonyl (C=O) groups is 2. The van der Waals surface area contributed by atoms with Gasteiger partial charge in [0.15, 0.2) is 0 Å². The van der Waals surface area contributed by atoms with Gasteiger partial charge in [0.25, 0.3) is 5.91 Å². The number of carbonyl (C=O) groups excluding carboxylic acids is 2.